The van der Waals surface area contributed by atoms with E-state index in [1.165, 1.54) is 10.9 Å². The molecule has 2 aromatic carbocycles. The number of anilines is 1. The Labute approximate surface area is 149 Å². The summed E-state index contributed by atoms with van der Waals surface area (Å²) in [5.41, 5.74) is 1.66. The van der Waals surface area contributed by atoms with Crippen molar-refractivity contribution >= 4 is 17.9 Å². The molecule has 0 bridgehead atoms. The fraction of sp³-hybridized carbons (Fsp3) is 0.105. The number of rotatable bonds is 6. The van der Waals surface area contributed by atoms with Gasteiger partial charge in [-0.3, -0.25) is 5.32 Å². The van der Waals surface area contributed by atoms with E-state index in [2.05, 4.69) is 10.4 Å². The van der Waals surface area contributed by atoms with Gasteiger partial charge in [0.05, 0.1) is 12.7 Å². The van der Waals surface area contributed by atoms with E-state index in [1.807, 2.05) is 60.7 Å². The zero-order valence-electron chi connectivity index (χ0n) is 13.8. The van der Waals surface area contributed by atoms with E-state index >= 15 is 0 Å². The largest absolute Gasteiger partial charge is 0.477 e. The summed E-state index contributed by atoms with van der Waals surface area (Å²) < 4.78 is 6.58. The SMILES string of the molecule is O=C(Nc1c(C(=O)O)cnn1Cc1ccccc1)OCc1ccccc1. The number of carboxylic acids is 1. The number of carbonyl (C=O) groups is 2. The number of ether oxygens (including phenoxy) is 1. The molecule has 1 aromatic heterocycles. The molecule has 0 aliphatic rings. The van der Waals surface area contributed by atoms with Crippen LogP contribution in [0.4, 0.5) is 10.6 Å². The van der Waals surface area contributed by atoms with Gasteiger partial charge in [-0.05, 0) is 11.1 Å². The Balaban J connectivity index is 1.73. The van der Waals surface area contributed by atoms with Gasteiger partial charge in [0, 0.05) is 0 Å². The third kappa shape index (κ3) is 4.27. The Bertz CT molecular complexity index is 892. The first-order chi connectivity index (χ1) is 12.6. The van der Waals surface area contributed by atoms with Crippen molar-refractivity contribution in [2.75, 3.05) is 5.32 Å². The van der Waals surface area contributed by atoms with Crippen molar-refractivity contribution in [3.8, 4) is 0 Å². The molecular weight excluding hydrogens is 334 g/mol. The summed E-state index contributed by atoms with van der Waals surface area (Å²) in [6, 6.07) is 18.6. The maximum atomic E-state index is 12.1. The third-order valence-corrected chi connectivity index (χ3v) is 3.68. The predicted molar refractivity (Wildman–Crippen MR) is 95.0 cm³/mol. The highest BCUT2D eigenvalue weighted by atomic mass is 16.5. The van der Waals surface area contributed by atoms with Crippen LogP contribution >= 0.6 is 0 Å². The van der Waals surface area contributed by atoms with Crippen molar-refractivity contribution in [3.63, 3.8) is 0 Å². The minimum Gasteiger partial charge on any atom is -0.477 e. The van der Waals surface area contributed by atoms with Crippen LogP contribution in [0.5, 0.6) is 0 Å². The van der Waals surface area contributed by atoms with Gasteiger partial charge in [-0.1, -0.05) is 60.7 Å². The van der Waals surface area contributed by atoms with Crippen LogP contribution in [-0.2, 0) is 17.9 Å². The molecule has 3 aromatic rings. The lowest BCUT2D eigenvalue weighted by molar-refractivity contribution is 0.0698. The van der Waals surface area contributed by atoms with Gasteiger partial charge < -0.3 is 9.84 Å². The average Bonchev–Trinajstić information content (AvgIpc) is 3.04. The summed E-state index contributed by atoms with van der Waals surface area (Å²) in [4.78, 5) is 23.5. The molecule has 132 valence electrons. The highest BCUT2D eigenvalue weighted by Gasteiger charge is 2.19. The molecule has 0 radical (unpaired) electrons. The molecule has 0 spiro atoms. The minimum atomic E-state index is -1.18. The summed E-state index contributed by atoms with van der Waals surface area (Å²) in [7, 11) is 0. The molecule has 0 atom stereocenters. The molecular formula is C19H17N3O4. The standard InChI is InChI=1S/C19H17N3O4/c23-18(24)16-11-20-22(12-14-7-3-1-4-8-14)17(16)21-19(25)26-13-15-9-5-2-6-10-15/h1-11H,12-13H2,(H,21,25)(H,23,24). The van der Waals surface area contributed by atoms with E-state index in [0.717, 1.165) is 11.1 Å². The van der Waals surface area contributed by atoms with Crippen molar-refractivity contribution < 1.29 is 19.4 Å². The average molecular weight is 351 g/mol. The third-order valence-electron chi connectivity index (χ3n) is 3.68. The molecule has 0 aliphatic heterocycles. The summed E-state index contributed by atoms with van der Waals surface area (Å²) in [5.74, 6) is -1.10. The van der Waals surface area contributed by atoms with Gasteiger partial charge in [-0.15, -0.1) is 0 Å². The van der Waals surface area contributed by atoms with Crippen LogP contribution in [0, 0.1) is 0 Å². The zero-order valence-corrected chi connectivity index (χ0v) is 13.8. The van der Waals surface area contributed by atoms with Crippen molar-refractivity contribution in [3.05, 3.63) is 83.6 Å². The molecule has 0 aliphatic carbocycles. The van der Waals surface area contributed by atoms with Crippen molar-refractivity contribution in [1.29, 1.82) is 0 Å². The van der Waals surface area contributed by atoms with Crippen LogP contribution in [0.2, 0.25) is 0 Å². The van der Waals surface area contributed by atoms with E-state index in [-0.39, 0.29) is 18.0 Å². The Kier molecular flexibility index (Phi) is 5.28. The highest BCUT2D eigenvalue weighted by molar-refractivity contribution is 5.97. The minimum absolute atomic E-state index is 0.0828. The number of nitrogens with one attached hydrogen (secondary N) is 1. The molecule has 1 amide bonds. The number of nitrogens with zero attached hydrogens (tertiary/aromatic N) is 2. The highest BCUT2D eigenvalue weighted by Crippen LogP contribution is 2.18. The predicted octanol–water partition coefficient (Wildman–Crippen LogP) is 3.38. The zero-order chi connectivity index (χ0) is 18.4. The molecule has 3 rings (SSSR count). The van der Waals surface area contributed by atoms with Crippen molar-refractivity contribution in [1.82, 2.24) is 9.78 Å². The van der Waals surface area contributed by atoms with Crippen LogP contribution < -0.4 is 5.32 Å². The molecule has 0 saturated carbocycles. The number of hydrogen-bond donors (Lipinski definition) is 2. The molecule has 0 unspecified atom stereocenters. The summed E-state index contributed by atoms with van der Waals surface area (Å²) in [6.07, 6.45) is 0.462. The molecule has 1 heterocycles. The molecule has 7 nitrogen and oxygen atoms in total. The van der Waals surface area contributed by atoms with Crippen LogP contribution in [-0.4, -0.2) is 26.9 Å². The Morgan fingerprint density at radius 1 is 1.00 bits per heavy atom. The van der Waals surface area contributed by atoms with Gasteiger partial charge in [-0.25, -0.2) is 14.3 Å². The number of aromatic carboxylic acids is 1. The van der Waals surface area contributed by atoms with E-state index in [1.54, 1.807) is 0 Å². The van der Waals surface area contributed by atoms with Crippen LogP contribution in [0.25, 0.3) is 0 Å². The summed E-state index contributed by atoms with van der Waals surface area (Å²) >= 11 is 0. The quantitative estimate of drug-likeness (QED) is 0.710. The number of carboxylic acid groups (broad SMARTS) is 1. The van der Waals surface area contributed by atoms with Gasteiger partial charge >= 0.3 is 12.1 Å². The first-order valence-corrected chi connectivity index (χ1v) is 7.94. The summed E-state index contributed by atoms with van der Waals surface area (Å²) in [6.45, 7) is 0.407. The number of aromatic nitrogens is 2. The van der Waals surface area contributed by atoms with Gasteiger partial charge in [0.1, 0.15) is 18.0 Å². The molecule has 7 heteroatoms. The lowest BCUT2D eigenvalue weighted by Crippen LogP contribution is -2.19. The Morgan fingerprint density at radius 3 is 2.23 bits per heavy atom. The van der Waals surface area contributed by atoms with Crippen LogP contribution in [0.1, 0.15) is 21.5 Å². The van der Waals surface area contributed by atoms with Gasteiger partial charge in [0.15, 0.2) is 0 Å². The van der Waals surface area contributed by atoms with Gasteiger partial charge in [0.2, 0.25) is 0 Å². The smallest absolute Gasteiger partial charge is 0.413 e. The first-order valence-electron chi connectivity index (χ1n) is 7.94. The second-order valence-electron chi connectivity index (χ2n) is 5.54. The Hall–Kier alpha value is -3.61. The maximum Gasteiger partial charge on any atom is 0.413 e. The normalized spacial score (nSPS) is 10.3. The number of hydrogen-bond acceptors (Lipinski definition) is 4. The van der Waals surface area contributed by atoms with Crippen molar-refractivity contribution in [2.45, 2.75) is 13.2 Å². The van der Waals surface area contributed by atoms with Gasteiger partial charge in [0.25, 0.3) is 0 Å². The number of carbonyl (C=O) groups excluding carboxylic acids is 1. The monoisotopic (exact) mass is 351 g/mol. The van der Waals surface area contributed by atoms with Crippen LogP contribution in [0.3, 0.4) is 0 Å². The molecule has 0 fully saturated rings. The topological polar surface area (TPSA) is 93.5 Å². The molecule has 0 saturated heterocycles. The second-order valence-corrected chi connectivity index (χ2v) is 5.54. The fourth-order valence-corrected chi connectivity index (χ4v) is 2.41. The number of benzene rings is 2. The van der Waals surface area contributed by atoms with E-state index in [9.17, 15) is 14.7 Å². The van der Waals surface area contributed by atoms with E-state index in [4.69, 9.17) is 4.74 Å². The fourth-order valence-electron chi connectivity index (χ4n) is 2.41. The van der Waals surface area contributed by atoms with Gasteiger partial charge in [-0.2, -0.15) is 5.10 Å². The lowest BCUT2D eigenvalue weighted by atomic mass is 10.2. The maximum absolute atomic E-state index is 12.1. The number of amides is 1. The first kappa shape index (κ1) is 17.2. The van der Waals surface area contributed by atoms with E-state index in [0.29, 0.717) is 6.54 Å². The van der Waals surface area contributed by atoms with Crippen LogP contribution in [0.15, 0.2) is 66.9 Å². The molecule has 26 heavy (non-hydrogen) atoms. The summed E-state index contributed by atoms with van der Waals surface area (Å²) in [5, 5.41) is 15.9. The lowest BCUT2D eigenvalue weighted by Gasteiger charge is -2.11. The van der Waals surface area contributed by atoms with Crippen molar-refractivity contribution in [2.24, 2.45) is 0 Å². The van der Waals surface area contributed by atoms with E-state index < -0.39 is 12.1 Å². The second kappa shape index (κ2) is 7.98. The Morgan fingerprint density at radius 2 is 1.62 bits per heavy atom. The molecule has 2 N–H and O–H groups in total.